The van der Waals surface area contributed by atoms with Gasteiger partial charge in [-0.1, -0.05) is 17.4 Å². The number of carbonyl (C=O) groups is 1. The molecule has 1 amide bonds. The molecule has 0 atom stereocenters. The van der Waals surface area contributed by atoms with Crippen molar-refractivity contribution in [3.8, 4) is 5.75 Å². The molecular weight excluding hydrogens is 328 g/mol. The Labute approximate surface area is 141 Å². The number of nitrogens with one attached hydrogen (secondary N) is 1. The molecule has 1 N–H and O–H groups in total. The van der Waals surface area contributed by atoms with Gasteiger partial charge in [-0.2, -0.15) is 0 Å². The summed E-state index contributed by atoms with van der Waals surface area (Å²) in [6.45, 7) is 3.34. The Morgan fingerprint density at radius 2 is 2.17 bits per heavy atom. The smallest absolute Gasteiger partial charge is 0.256 e. The monoisotopic (exact) mass is 344 g/mol. The summed E-state index contributed by atoms with van der Waals surface area (Å²) in [7, 11) is 1.57. The van der Waals surface area contributed by atoms with Gasteiger partial charge in [0.25, 0.3) is 5.56 Å². The van der Waals surface area contributed by atoms with Crippen LogP contribution in [0.1, 0.15) is 11.3 Å². The Morgan fingerprint density at radius 3 is 2.92 bits per heavy atom. The lowest BCUT2D eigenvalue weighted by molar-refractivity contribution is -0.116. The van der Waals surface area contributed by atoms with Crippen LogP contribution < -0.4 is 15.6 Å². The second-order valence-electron chi connectivity index (χ2n) is 5.26. The second-order valence-corrected chi connectivity index (χ2v) is 6.29. The molecule has 0 aliphatic heterocycles. The minimum absolute atomic E-state index is 0.111. The van der Waals surface area contributed by atoms with Crippen LogP contribution in [0.25, 0.3) is 10.2 Å². The second kappa shape index (κ2) is 6.40. The fourth-order valence-corrected chi connectivity index (χ4v) is 3.14. The van der Waals surface area contributed by atoms with E-state index in [2.05, 4.69) is 15.3 Å². The molecule has 0 aliphatic rings. The van der Waals surface area contributed by atoms with E-state index in [1.165, 1.54) is 22.2 Å². The summed E-state index contributed by atoms with van der Waals surface area (Å²) < 4.78 is 7.45. The summed E-state index contributed by atoms with van der Waals surface area (Å²) in [5.74, 6) is 0.319. The van der Waals surface area contributed by atoms with Crippen molar-refractivity contribution in [1.82, 2.24) is 14.5 Å². The van der Waals surface area contributed by atoms with Gasteiger partial charge in [0, 0.05) is 11.3 Å². The van der Waals surface area contributed by atoms with Crippen LogP contribution in [0.15, 0.2) is 29.3 Å². The van der Waals surface area contributed by atoms with E-state index in [4.69, 9.17) is 4.74 Å². The fraction of sp³-hybridized carbons (Fsp3) is 0.250. The van der Waals surface area contributed by atoms with Crippen molar-refractivity contribution in [2.24, 2.45) is 0 Å². The number of rotatable bonds is 4. The third-order valence-corrected chi connectivity index (χ3v) is 4.61. The Bertz CT molecular complexity index is 977. The Balaban J connectivity index is 1.81. The summed E-state index contributed by atoms with van der Waals surface area (Å²) in [6, 6.07) is 5.59. The average molecular weight is 344 g/mol. The molecule has 0 aliphatic carbocycles. The van der Waals surface area contributed by atoms with Gasteiger partial charge < -0.3 is 10.1 Å². The number of anilines is 1. The standard InChI is InChI=1S/C16H16N4O3S/c1-9-10(2)17-8-20(15(9)22)7-13(21)18-16-19-14-11(23-3)5-4-6-12(14)24-16/h4-6,8H,7H2,1-3H3,(H,18,19,21). The number of methoxy groups -OCH3 is 1. The van der Waals surface area contributed by atoms with E-state index in [0.29, 0.717) is 27.7 Å². The van der Waals surface area contributed by atoms with Crippen molar-refractivity contribution in [2.75, 3.05) is 12.4 Å². The molecule has 124 valence electrons. The predicted octanol–water partition coefficient (Wildman–Crippen LogP) is 2.12. The number of nitrogens with zero attached hydrogens (tertiary/aromatic N) is 3. The lowest BCUT2D eigenvalue weighted by Crippen LogP contribution is -2.29. The molecule has 3 aromatic rings. The summed E-state index contributed by atoms with van der Waals surface area (Å²) in [4.78, 5) is 32.8. The van der Waals surface area contributed by atoms with Crippen molar-refractivity contribution >= 4 is 32.6 Å². The van der Waals surface area contributed by atoms with Crippen LogP contribution in [0.2, 0.25) is 0 Å². The van der Waals surface area contributed by atoms with Crippen molar-refractivity contribution in [3.05, 3.63) is 46.1 Å². The summed E-state index contributed by atoms with van der Waals surface area (Å²) >= 11 is 1.35. The minimum Gasteiger partial charge on any atom is -0.494 e. The SMILES string of the molecule is COc1cccc2sc(NC(=O)Cn3cnc(C)c(C)c3=O)nc12. The number of hydrogen-bond donors (Lipinski definition) is 1. The molecule has 2 heterocycles. The van der Waals surface area contributed by atoms with Gasteiger partial charge in [0.05, 0.1) is 18.1 Å². The molecule has 3 rings (SSSR count). The van der Waals surface area contributed by atoms with Crippen LogP contribution in [0.3, 0.4) is 0 Å². The zero-order chi connectivity index (χ0) is 17.3. The number of thiazole rings is 1. The molecule has 1 aromatic carbocycles. The van der Waals surface area contributed by atoms with Crippen LogP contribution >= 0.6 is 11.3 Å². The minimum atomic E-state index is -0.333. The maximum Gasteiger partial charge on any atom is 0.256 e. The number of para-hydroxylation sites is 1. The van der Waals surface area contributed by atoms with E-state index >= 15 is 0 Å². The van der Waals surface area contributed by atoms with Gasteiger partial charge in [0.1, 0.15) is 17.8 Å². The molecule has 0 bridgehead atoms. The molecule has 0 saturated carbocycles. The maximum atomic E-state index is 12.2. The van der Waals surface area contributed by atoms with Gasteiger partial charge in [-0.3, -0.25) is 14.2 Å². The first-order valence-electron chi connectivity index (χ1n) is 7.25. The topological polar surface area (TPSA) is 86.1 Å². The largest absolute Gasteiger partial charge is 0.494 e. The van der Waals surface area contributed by atoms with Crippen molar-refractivity contribution in [3.63, 3.8) is 0 Å². The third-order valence-electron chi connectivity index (χ3n) is 3.68. The van der Waals surface area contributed by atoms with Crippen LogP contribution in [-0.2, 0) is 11.3 Å². The first kappa shape index (κ1) is 16.1. The number of aromatic nitrogens is 3. The van der Waals surface area contributed by atoms with Gasteiger partial charge in [-0.15, -0.1) is 0 Å². The quantitative estimate of drug-likeness (QED) is 0.783. The molecule has 0 fully saturated rings. The van der Waals surface area contributed by atoms with Gasteiger partial charge >= 0.3 is 0 Å². The van der Waals surface area contributed by atoms with E-state index in [1.54, 1.807) is 21.0 Å². The Kier molecular flexibility index (Phi) is 4.30. The zero-order valence-electron chi connectivity index (χ0n) is 13.5. The summed E-state index contributed by atoms with van der Waals surface area (Å²) in [5, 5.41) is 3.18. The van der Waals surface area contributed by atoms with Crippen LogP contribution in [-0.4, -0.2) is 27.6 Å². The number of carbonyl (C=O) groups excluding carboxylic acids is 1. The average Bonchev–Trinajstić information content (AvgIpc) is 2.97. The highest BCUT2D eigenvalue weighted by Crippen LogP contribution is 2.31. The van der Waals surface area contributed by atoms with E-state index in [9.17, 15) is 9.59 Å². The zero-order valence-corrected chi connectivity index (χ0v) is 14.3. The van der Waals surface area contributed by atoms with E-state index in [-0.39, 0.29) is 18.0 Å². The van der Waals surface area contributed by atoms with Crippen LogP contribution in [0, 0.1) is 13.8 Å². The Hall–Kier alpha value is -2.74. The normalized spacial score (nSPS) is 10.8. The third kappa shape index (κ3) is 3.00. The number of benzene rings is 1. The molecular formula is C16H16N4O3S. The first-order chi connectivity index (χ1) is 11.5. The fourth-order valence-electron chi connectivity index (χ4n) is 2.24. The highest BCUT2D eigenvalue weighted by atomic mass is 32.1. The van der Waals surface area contributed by atoms with Crippen LogP contribution in [0.5, 0.6) is 5.75 Å². The number of amides is 1. The summed E-state index contributed by atoms with van der Waals surface area (Å²) in [5.41, 5.74) is 1.68. The molecule has 7 nitrogen and oxygen atoms in total. The molecule has 24 heavy (non-hydrogen) atoms. The molecule has 0 unspecified atom stereocenters. The molecule has 2 aromatic heterocycles. The van der Waals surface area contributed by atoms with Crippen molar-refractivity contribution in [2.45, 2.75) is 20.4 Å². The summed E-state index contributed by atoms with van der Waals surface area (Å²) in [6.07, 6.45) is 1.38. The molecule has 8 heteroatoms. The molecule has 0 saturated heterocycles. The van der Waals surface area contributed by atoms with Gasteiger partial charge in [-0.25, -0.2) is 9.97 Å². The number of ether oxygens (including phenoxy) is 1. The molecule has 0 spiro atoms. The van der Waals surface area contributed by atoms with Crippen molar-refractivity contribution in [1.29, 1.82) is 0 Å². The van der Waals surface area contributed by atoms with E-state index in [1.807, 2.05) is 18.2 Å². The lowest BCUT2D eigenvalue weighted by Gasteiger charge is -2.07. The van der Waals surface area contributed by atoms with Gasteiger partial charge in [-0.05, 0) is 26.0 Å². The van der Waals surface area contributed by atoms with Crippen LogP contribution in [0.4, 0.5) is 5.13 Å². The maximum absolute atomic E-state index is 12.2. The van der Waals surface area contributed by atoms with E-state index < -0.39 is 0 Å². The predicted molar refractivity (Wildman–Crippen MR) is 92.8 cm³/mol. The highest BCUT2D eigenvalue weighted by molar-refractivity contribution is 7.22. The lowest BCUT2D eigenvalue weighted by atomic mass is 10.3. The Morgan fingerprint density at radius 1 is 1.38 bits per heavy atom. The highest BCUT2D eigenvalue weighted by Gasteiger charge is 2.12. The first-order valence-corrected chi connectivity index (χ1v) is 8.07. The van der Waals surface area contributed by atoms with Gasteiger partial charge in [0.15, 0.2) is 5.13 Å². The number of hydrogen-bond acceptors (Lipinski definition) is 6. The molecule has 0 radical (unpaired) electrons. The number of aryl methyl sites for hydroxylation is 1. The van der Waals surface area contributed by atoms with E-state index in [0.717, 1.165) is 4.70 Å². The van der Waals surface area contributed by atoms with Gasteiger partial charge in [0.2, 0.25) is 5.91 Å². The number of fused-ring (bicyclic) bond motifs is 1. The van der Waals surface area contributed by atoms with Crippen molar-refractivity contribution < 1.29 is 9.53 Å².